The third kappa shape index (κ3) is 11.3. The van der Waals surface area contributed by atoms with Gasteiger partial charge < -0.3 is 5.11 Å². The number of nitrogens with two attached hydrogens (primary N) is 1. The molecule has 388 valence electrons. The van der Waals surface area contributed by atoms with E-state index in [-0.39, 0.29) is 55.0 Å². The monoisotopic (exact) mass is 1040 g/mol. The fourth-order valence-corrected chi connectivity index (χ4v) is 17.6. The van der Waals surface area contributed by atoms with Crippen molar-refractivity contribution in [1.82, 2.24) is 4.72 Å². The van der Waals surface area contributed by atoms with Gasteiger partial charge in [0.1, 0.15) is 0 Å². The second-order valence-corrected chi connectivity index (χ2v) is 28.2. The number of primary sulfonamides is 1. The van der Waals surface area contributed by atoms with Gasteiger partial charge in [0, 0.05) is 25.0 Å². The number of alkyl halides is 2. The molecule has 0 aromatic carbocycles. The molecule has 8 unspecified atom stereocenters. The van der Waals surface area contributed by atoms with Gasteiger partial charge in [-0.3, -0.25) is 14.4 Å². The molecule has 10 aliphatic rings. The minimum absolute atomic E-state index is 0.114. The molecule has 70 heavy (non-hydrogen) atoms. The van der Waals surface area contributed by atoms with E-state index in [2.05, 4.69) is 70.6 Å². The number of sulfonamides is 2. The Bertz CT molecular complexity index is 2460. The molecule has 4 N–H and O–H groups in total. The van der Waals surface area contributed by atoms with E-state index in [4.69, 9.17) is 33.4 Å². The lowest BCUT2D eigenvalue weighted by Crippen LogP contribution is -2.49. The number of allylic oxidation sites excluding steroid dienone is 10. The van der Waals surface area contributed by atoms with E-state index in [1.165, 1.54) is 68.2 Å². The van der Waals surface area contributed by atoms with Gasteiger partial charge in [-0.2, -0.15) is 0 Å². The zero-order valence-corrected chi connectivity index (χ0v) is 45.2. The Morgan fingerprint density at radius 1 is 0.671 bits per heavy atom. The smallest absolute Gasteiger partial charge is 0.327 e. The number of carboxylic acids is 1. The molecule has 0 spiro atoms. The minimum Gasteiger partial charge on any atom is -0.478 e. The fraction of sp³-hybridized carbons (Fsp3) is 0.709. The zero-order valence-electron chi connectivity index (χ0n) is 42.1. The van der Waals surface area contributed by atoms with Gasteiger partial charge in [-0.1, -0.05) is 78.0 Å². The number of carbonyl (C=O) groups excluding carboxylic acids is 3. The molecule has 0 aromatic heterocycles. The van der Waals surface area contributed by atoms with Gasteiger partial charge in [0.25, 0.3) is 5.91 Å². The zero-order chi connectivity index (χ0) is 51.2. The Labute approximate surface area is 428 Å². The van der Waals surface area contributed by atoms with Crippen LogP contribution in [0.2, 0.25) is 0 Å². The number of halogens is 2. The molecule has 10 aliphatic carbocycles. The molecular weight excluding hydrogens is 968 g/mol. The number of carboxylic acid groups (broad SMARTS) is 1. The highest BCUT2D eigenvalue weighted by Crippen LogP contribution is 2.68. The lowest BCUT2D eigenvalue weighted by atomic mass is 9.48. The van der Waals surface area contributed by atoms with Crippen molar-refractivity contribution in [3.8, 4) is 0 Å². The summed E-state index contributed by atoms with van der Waals surface area (Å²) in [5.41, 5.74) is 3.27. The van der Waals surface area contributed by atoms with Crippen LogP contribution in [-0.4, -0.2) is 61.2 Å². The van der Waals surface area contributed by atoms with Crippen molar-refractivity contribution in [2.24, 2.45) is 86.0 Å². The number of hydrogen-bond acceptors (Lipinski definition) is 8. The second kappa shape index (κ2) is 21.2. The summed E-state index contributed by atoms with van der Waals surface area (Å²) in [6.45, 7) is 14.0. The van der Waals surface area contributed by atoms with Gasteiger partial charge >= 0.3 is 5.97 Å². The summed E-state index contributed by atoms with van der Waals surface area (Å²) in [6.07, 6.45) is 35.4. The quantitative estimate of drug-likeness (QED) is 0.149. The molecule has 6 saturated carbocycles. The van der Waals surface area contributed by atoms with Crippen molar-refractivity contribution >= 4 is 66.7 Å². The summed E-state index contributed by atoms with van der Waals surface area (Å²) in [7, 11) is -6.63. The van der Waals surface area contributed by atoms with Crippen LogP contribution in [-0.2, 0) is 39.2 Å². The lowest BCUT2D eigenvalue weighted by Gasteiger charge is -2.56. The largest absolute Gasteiger partial charge is 0.478 e. The predicted molar refractivity (Wildman–Crippen MR) is 277 cm³/mol. The third-order valence-corrected chi connectivity index (χ3v) is 23.0. The minimum atomic E-state index is -3.50. The highest BCUT2D eigenvalue weighted by molar-refractivity contribution is 7.91. The first-order valence-electron chi connectivity index (χ1n) is 26.0. The molecule has 14 atom stereocenters. The maximum atomic E-state index is 12.2. The van der Waals surface area contributed by atoms with Crippen molar-refractivity contribution in [3.63, 3.8) is 0 Å². The van der Waals surface area contributed by atoms with Gasteiger partial charge in [0.15, 0.2) is 11.6 Å². The van der Waals surface area contributed by atoms with E-state index in [0.717, 1.165) is 32.1 Å². The van der Waals surface area contributed by atoms with Crippen molar-refractivity contribution in [2.75, 3.05) is 5.34 Å². The Balaban J connectivity index is 0.000000175. The fourth-order valence-electron chi connectivity index (χ4n) is 15.6. The van der Waals surface area contributed by atoms with Crippen molar-refractivity contribution < 1.29 is 41.1 Å². The van der Waals surface area contributed by atoms with E-state index in [9.17, 15) is 36.0 Å². The topological polar surface area (TPSA) is 195 Å². The lowest BCUT2D eigenvalue weighted by molar-refractivity contribution is -0.131. The predicted octanol–water partition coefficient (Wildman–Crippen LogP) is 10.8. The Morgan fingerprint density at radius 2 is 1.09 bits per heavy atom. The van der Waals surface area contributed by atoms with Crippen LogP contribution in [0.1, 0.15) is 144 Å². The number of carbonyl (C=O) groups is 4. The van der Waals surface area contributed by atoms with Gasteiger partial charge in [-0.15, -0.1) is 23.2 Å². The normalized spacial score (nSPS) is 39.0. The number of rotatable bonds is 9. The van der Waals surface area contributed by atoms with Crippen LogP contribution < -0.4 is 9.86 Å². The molecule has 11 nitrogen and oxygen atoms in total. The Morgan fingerprint density at radius 3 is 1.46 bits per heavy atom. The number of nitrogens with one attached hydrogen (secondary N) is 1. The van der Waals surface area contributed by atoms with Crippen molar-refractivity contribution in [1.29, 1.82) is 0 Å². The molecule has 0 aliphatic heterocycles. The summed E-state index contributed by atoms with van der Waals surface area (Å²) in [5, 5.41) is 13.3. The standard InChI is InChI=1S/C27H37NO4S.C24H32O3.C3H7NO2S.CH2Cl2/c1-17(4-11-25(30)28-33(31,32)20-6-7-20)22-9-10-23-21-8-5-18-16-19(29)12-14-26(18,2)24(21)13-15-27(22,23)3;1-15(4-9-22(26)27)19-7-8-20-18-6-5-16-14-17(25)10-12-23(16,2)21(18)11-13-24(19,20)3;4-7(5,6)3-1-2-3;2-1-3/h4-5,8,11,16-17,20-24H,6-7,9-10,12-15H2,1-3H3,(H,28,30);4-6,9,14-15,18-21H,7-8,10-13H2,1-3H3,(H,26,27);3H,1-2H2,(H2,4,5,6);1H2/b11-4+;9-4+;;/t17-,21?,22?,23?,24?,26+,27-;15-,18?,19?,20?,21?,23+,24-;;/m11../s1. The Kier molecular flexibility index (Phi) is 16.6. The van der Waals surface area contributed by atoms with Crippen molar-refractivity contribution in [2.45, 2.75) is 155 Å². The van der Waals surface area contributed by atoms with Crippen LogP contribution in [0.25, 0.3) is 0 Å². The summed E-state index contributed by atoms with van der Waals surface area (Å²) >= 11 is 9.53. The van der Waals surface area contributed by atoms with Crippen LogP contribution in [0.15, 0.2) is 71.9 Å². The number of ketones is 2. The molecule has 0 radical (unpaired) electrons. The summed E-state index contributed by atoms with van der Waals surface area (Å²) in [4.78, 5) is 47.1. The molecule has 15 heteroatoms. The van der Waals surface area contributed by atoms with Gasteiger partial charge in [0.2, 0.25) is 20.0 Å². The average Bonchev–Trinajstić information content (AvgIpc) is 4.23. The van der Waals surface area contributed by atoms with Crippen LogP contribution in [0.3, 0.4) is 0 Å². The van der Waals surface area contributed by atoms with Crippen LogP contribution in [0, 0.1) is 80.8 Å². The highest BCUT2D eigenvalue weighted by atomic mass is 35.5. The molecule has 6 fully saturated rings. The second-order valence-electron chi connectivity index (χ2n) is 23.6. The van der Waals surface area contributed by atoms with Gasteiger partial charge in [-0.05, 0) is 194 Å². The molecule has 0 heterocycles. The number of aliphatic carboxylic acids is 1. The van der Waals surface area contributed by atoms with Crippen molar-refractivity contribution in [3.05, 3.63) is 71.9 Å². The maximum absolute atomic E-state index is 12.2. The molecule has 0 bridgehead atoms. The molecular formula is C55H78Cl2N2O9S2. The Hall–Kier alpha value is -2.84. The first-order chi connectivity index (χ1) is 32.8. The highest BCUT2D eigenvalue weighted by Gasteiger charge is 2.60. The van der Waals surface area contributed by atoms with Gasteiger partial charge in [-0.25, -0.2) is 31.5 Å². The van der Waals surface area contributed by atoms with Gasteiger partial charge in [0.05, 0.1) is 15.8 Å². The van der Waals surface area contributed by atoms with E-state index >= 15 is 0 Å². The first-order valence-corrected chi connectivity index (χ1v) is 30.2. The first kappa shape index (κ1) is 54.9. The molecule has 1 amide bonds. The number of fused-ring (bicyclic) bond motifs is 10. The van der Waals surface area contributed by atoms with E-state index < -0.39 is 31.9 Å². The van der Waals surface area contributed by atoms with E-state index in [0.29, 0.717) is 78.9 Å². The molecule has 0 aromatic rings. The van der Waals surface area contributed by atoms with E-state index in [1.807, 2.05) is 24.3 Å². The van der Waals surface area contributed by atoms with Crippen LogP contribution >= 0.6 is 23.2 Å². The SMILES string of the molecule is C[C@H](/C=C/C(=O)NS(=O)(=O)C1CC1)C1CCC2C3C=CC4=CC(=O)CC[C@]4(C)C3CC[C@@]21C.C[C@H](/C=C/C(=O)O)C1CCC2C3C=CC4=CC(=O)CC[C@]4(C)C3CC[C@@]21C.ClCCl.NS(=O)(=O)C1CC1. The van der Waals surface area contributed by atoms with Crippen LogP contribution in [0.4, 0.5) is 0 Å². The average molecular weight is 1050 g/mol. The maximum Gasteiger partial charge on any atom is 0.327 e. The number of hydrogen-bond donors (Lipinski definition) is 3. The summed E-state index contributed by atoms with van der Waals surface area (Å²) < 4.78 is 46.6. The number of amides is 1. The summed E-state index contributed by atoms with van der Waals surface area (Å²) in [6, 6.07) is 0. The molecule has 10 rings (SSSR count). The third-order valence-electron chi connectivity index (χ3n) is 19.7. The molecule has 0 saturated heterocycles. The van der Waals surface area contributed by atoms with E-state index in [1.54, 1.807) is 0 Å². The van der Waals surface area contributed by atoms with Crippen LogP contribution in [0.5, 0.6) is 0 Å². The summed E-state index contributed by atoms with van der Waals surface area (Å²) in [5.74, 6) is 4.43.